The first kappa shape index (κ1) is 14.1. The Bertz CT molecular complexity index is 385. The number of unbranched alkanes of at least 4 members (excludes halogenated alkanes) is 1. The lowest BCUT2D eigenvalue weighted by Crippen LogP contribution is -2.36. The number of amides is 1. The number of nitrogens with one attached hydrogen (secondary N) is 1. The number of anilines is 1. The molecule has 1 N–H and O–H groups in total. The van der Waals surface area contributed by atoms with Crippen LogP contribution in [0.5, 0.6) is 0 Å². The summed E-state index contributed by atoms with van der Waals surface area (Å²) in [7, 11) is 0. The maximum absolute atomic E-state index is 12.5. The molecule has 0 aromatic heterocycles. The zero-order valence-corrected chi connectivity index (χ0v) is 11.8. The van der Waals surface area contributed by atoms with Gasteiger partial charge in [-0.05, 0) is 37.9 Å². The monoisotopic (exact) mass is 260 g/mol. The summed E-state index contributed by atoms with van der Waals surface area (Å²) in [6.45, 7) is 4.04. The van der Waals surface area contributed by atoms with Crippen LogP contribution in [0.1, 0.15) is 39.0 Å². The topological polar surface area (TPSA) is 32.3 Å². The van der Waals surface area contributed by atoms with E-state index in [0.717, 1.165) is 38.0 Å². The fraction of sp³-hybridized carbons (Fsp3) is 0.562. The molecule has 3 heteroatoms. The molecule has 0 saturated carbocycles. The van der Waals surface area contributed by atoms with Gasteiger partial charge in [-0.3, -0.25) is 4.79 Å². The highest BCUT2D eigenvalue weighted by Gasteiger charge is 2.22. The summed E-state index contributed by atoms with van der Waals surface area (Å²) in [6.07, 6.45) is 5.11. The van der Waals surface area contributed by atoms with Crippen LogP contribution in [-0.2, 0) is 4.79 Å². The molecule has 3 nitrogen and oxygen atoms in total. The van der Waals surface area contributed by atoms with Crippen LogP contribution in [0.15, 0.2) is 30.3 Å². The second-order valence-corrected chi connectivity index (χ2v) is 5.23. The van der Waals surface area contributed by atoms with Gasteiger partial charge in [0.2, 0.25) is 5.91 Å². The van der Waals surface area contributed by atoms with Crippen LogP contribution in [-0.4, -0.2) is 25.0 Å². The minimum absolute atomic E-state index is 0.249. The summed E-state index contributed by atoms with van der Waals surface area (Å²) in [4.78, 5) is 14.4. The summed E-state index contributed by atoms with van der Waals surface area (Å²) < 4.78 is 0. The zero-order chi connectivity index (χ0) is 13.5. The highest BCUT2D eigenvalue weighted by molar-refractivity contribution is 5.93. The van der Waals surface area contributed by atoms with Crippen molar-refractivity contribution in [1.29, 1.82) is 0 Å². The number of benzene rings is 1. The van der Waals surface area contributed by atoms with E-state index in [1.165, 1.54) is 6.42 Å². The normalized spacial score (nSPS) is 18.5. The lowest BCUT2D eigenvalue weighted by atomic mass is 10.1. The van der Waals surface area contributed by atoms with Crippen LogP contribution in [0.2, 0.25) is 0 Å². The molecule has 0 radical (unpaired) electrons. The van der Waals surface area contributed by atoms with Gasteiger partial charge in [-0.25, -0.2) is 0 Å². The standard InChI is InChI=1S/C16H24N2O/c1-2-3-12-18(15-9-5-4-6-10-15)16(19)13-14-8-7-11-17-14/h4-6,9-10,14,17H,2-3,7-8,11-13H2,1H3. The van der Waals surface area contributed by atoms with Crippen molar-refractivity contribution < 1.29 is 4.79 Å². The van der Waals surface area contributed by atoms with E-state index in [1.54, 1.807) is 0 Å². The third-order valence-electron chi connectivity index (χ3n) is 3.69. The van der Waals surface area contributed by atoms with Crippen LogP contribution in [0, 0.1) is 0 Å². The summed E-state index contributed by atoms with van der Waals surface area (Å²) in [5, 5.41) is 3.40. The number of nitrogens with zero attached hydrogens (tertiary/aromatic N) is 1. The molecule has 19 heavy (non-hydrogen) atoms. The van der Waals surface area contributed by atoms with Crippen molar-refractivity contribution in [2.75, 3.05) is 18.0 Å². The molecule has 1 amide bonds. The SMILES string of the molecule is CCCCN(C(=O)CC1CCCN1)c1ccccc1. The predicted octanol–water partition coefficient (Wildman–Crippen LogP) is 2.96. The molecule has 104 valence electrons. The summed E-state index contributed by atoms with van der Waals surface area (Å²) >= 11 is 0. The first-order valence-electron chi connectivity index (χ1n) is 7.40. The van der Waals surface area contributed by atoms with E-state index in [1.807, 2.05) is 35.2 Å². The Balaban J connectivity index is 2.01. The first-order valence-corrected chi connectivity index (χ1v) is 7.40. The first-order chi connectivity index (χ1) is 9.31. The summed E-state index contributed by atoms with van der Waals surface area (Å²) in [5.74, 6) is 0.249. The number of hydrogen-bond donors (Lipinski definition) is 1. The van der Waals surface area contributed by atoms with Crippen molar-refractivity contribution in [3.05, 3.63) is 30.3 Å². The molecule has 1 aliphatic heterocycles. The van der Waals surface area contributed by atoms with Gasteiger partial charge in [0.1, 0.15) is 0 Å². The Hall–Kier alpha value is -1.35. The summed E-state index contributed by atoms with van der Waals surface area (Å²) in [6, 6.07) is 10.4. The average Bonchev–Trinajstić information content (AvgIpc) is 2.93. The molecule has 0 bridgehead atoms. The molecule has 1 aromatic rings. The molecule has 0 spiro atoms. The van der Waals surface area contributed by atoms with Gasteiger partial charge in [-0.1, -0.05) is 31.5 Å². The van der Waals surface area contributed by atoms with E-state index in [0.29, 0.717) is 12.5 Å². The zero-order valence-electron chi connectivity index (χ0n) is 11.8. The van der Waals surface area contributed by atoms with E-state index in [-0.39, 0.29) is 5.91 Å². The second-order valence-electron chi connectivity index (χ2n) is 5.23. The van der Waals surface area contributed by atoms with Crippen molar-refractivity contribution >= 4 is 11.6 Å². The van der Waals surface area contributed by atoms with E-state index >= 15 is 0 Å². The minimum atomic E-state index is 0.249. The quantitative estimate of drug-likeness (QED) is 0.853. The van der Waals surface area contributed by atoms with E-state index < -0.39 is 0 Å². The summed E-state index contributed by atoms with van der Waals surface area (Å²) in [5.41, 5.74) is 1.03. The third kappa shape index (κ3) is 4.06. The third-order valence-corrected chi connectivity index (χ3v) is 3.69. The van der Waals surface area contributed by atoms with Crippen LogP contribution < -0.4 is 10.2 Å². The van der Waals surface area contributed by atoms with Gasteiger partial charge in [-0.2, -0.15) is 0 Å². The molecule has 1 saturated heterocycles. The number of para-hydroxylation sites is 1. The molecule has 1 unspecified atom stereocenters. The van der Waals surface area contributed by atoms with Gasteiger partial charge in [0.15, 0.2) is 0 Å². The lowest BCUT2D eigenvalue weighted by molar-refractivity contribution is -0.119. The Morgan fingerprint density at radius 1 is 1.37 bits per heavy atom. The second kappa shape index (κ2) is 7.29. The van der Waals surface area contributed by atoms with E-state index in [9.17, 15) is 4.79 Å². The smallest absolute Gasteiger partial charge is 0.228 e. The molecule has 0 aliphatic carbocycles. The van der Waals surface area contributed by atoms with Crippen LogP contribution in [0.4, 0.5) is 5.69 Å². The molecule has 1 aromatic carbocycles. The van der Waals surface area contributed by atoms with Gasteiger partial charge >= 0.3 is 0 Å². The van der Waals surface area contributed by atoms with Crippen molar-refractivity contribution in [1.82, 2.24) is 5.32 Å². The van der Waals surface area contributed by atoms with Gasteiger partial charge in [0, 0.05) is 24.7 Å². The molecular weight excluding hydrogens is 236 g/mol. The molecule has 1 aliphatic rings. The van der Waals surface area contributed by atoms with E-state index in [4.69, 9.17) is 0 Å². The fourth-order valence-corrected chi connectivity index (χ4v) is 2.57. The highest BCUT2D eigenvalue weighted by atomic mass is 16.2. The van der Waals surface area contributed by atoms with Gasteiger partial charge in [0.25, 0.3) is 0 Å². The molecule has 1 heterocycles. The Morgan fingerprint density at radius 3 is 2.79 bits per heavy atom. The number of carbonyl (C=O) groups excluding carboxylic acids is 1. The number of hydrogen-bond acceptors (Lipinski definition) is 2. The van der Waals surface area contributed by atoms with E-state index in [2.05, 4.69) is 12.2 Å². The minimum Gasteiger partial charge on any atom is -0.313 e. The highest BCUT2D eigenvalue weighted by Crippen LogP contribution is 2.18. The van der Waals surface area contributed by atoms with Crippen LogP contribution >= 0.6 is 0 Å². The van der Waals surface area contributed by atoms with Gasteiger partial charge in [-0.15, -0.1) is 0 Å². The molecule has 1 atom stereocenters. The molecule has 2 rings (SSSR count). The Kier molecular flexibility index (Phi) is 5.40. The lowest BCUT2D eigenvalue weighted by Gasteiger charge is -2.24. The van der Waals surface area contributed by atoms with Crippen molar-refractivity contribution in [2.45, 2.75) is 45.1 Å². The van der Waals surface area contributed by atoms with Crippen molar-refractivity contribution in [3.8, 4) is 0 Å². The maximum Gasteiger partial charge on any atom is 0.228 e. The number of carbonyl (C=O) groups is 1. The van der Waals surface area contributed by atoms with Crippen LogP contribution in [0.25, 0.3) is 0 Å². The van der Waals surface area contributed by atoms with Gasteiger partial charge < -0.3 is 10.2 Å². The number of rotatable bonds is 6. The molecular formula is C16H24N2O. The Labute approximate surface area is 116 Å². The average molecular weight is 260 g/mol. The van der Waals surface area contributed by atoms with Gasteiger partial charge in [0.05, 0.1) is 0 Å². The van der Waals surface area contributed by atoms with Crippen molar-refractivity contribution in [2.24, 2.45) is 0 Å². The largest absolute Gasteiger partial charge is 0.313 e. The fourth-order valence-electron chi connectivity index (χ4n) is 2.57. The maximum atomic E-state index is 12.5. The van der Waals surface area contributed by atoms with Crippen molar-refractivity contribution in [3.63, 3.8) is 0 Å². The molecule has 1 fully saturated rings. The predicted molar refractivity (Wildman–Crippen MR) is 79.3 cm³/mol. The Morgan fingerprint density at radius 2 is 2.16 bits per heavy atom. The van der Waals surface area contributed by atoms with Crippen LogP contribution in [0.3, 0.4) is 0 Å².